The number of fused-ring (bicyclic) bond motifs is 2. The Kier molecular flexibility index (Phi) is 4.11. The summed E-state index contributed by atoms with van der Waals surface area (Å²) in [6, 6.07) is 15.8. The van der Waals surface area contributed by atoms with Crippen molar-refractivity contribution in [2.75, 3.05) is 27.2 Å². The van der Waals surface area contributed by atoms with Crippen molar-refractivity contribution >= 4 is 37.7 Å². The third-order valence-corrected chi connectivity index (χ3v) is 6.49. The molecule has 0 saturated carbocycles. The molecule has 2 atom stereocenters. The molecule has 0 radical (unpaired) electrons. The van der Waals surface area contributed by atoms with E-state index in [9.17, 15) is 0 Å². The van der Waals surface area contributed by atoms with Gasteiger partial charge < -0.3 is 9.97 Å². The van der Waals surface area contributed by atoms with Gasteiger partial charge in [0.15, 0.2) is 0 Å². The fourth-order valence-corrected chi connectivity index (χ4v) is 4.88. The summed E-state index contributed by atoms with van der Waals surface area (Å²) in [6.45, 7) is 2.01. The van der Waals surface area contributed by atoms with E-state index in [2.05, 4.69) is 105 Å². The van der Waals surface area contributed by atoms with E-state index in [0.717, 1.165) is 17.6 Å². The van der Waals surface area contributed by atoms with E-state index in [-0.39, 0.29) is 0 Å². The van der Waals surface area contributed by atoms with Crippen molar-refractivity contribution in [3.8, 4) is 0 Å². The third-order valence-electron chi connectivity index (χ3n) is 6.00. The number of halogens is 1. The predicted octanol–water partition coefficient (Wildman–Crippen LogP) is 5.07. The summed E-state index contributed by atoms with van der Waals surface area (Å²) in [7, 11) is 4.50. The molecule has 4 nitrogen and oxygen atoms in total. The van der Waals surface area contributed by atoms with Crippen molar-refractivity contribution in [3.05, 3.63) is 70.5 Å². The first kappa shape index (κ1) is 17.0. The molecule has 0 bridgehead atoms. The molecule has 5 heteroatoms. The zero-order chi connectivity index (χ0) is 18.5. The molecule has 1 saturated heterocycles. The van der Waals surface area contributed by atoms with Gasteiger partial charge in [0.25, 0.3) is 0 Å². The van der Waals surface area contributed by atoms with Crippen LogP contribution in [0.4, 0.5) is 0 Å². The van der Waals surface area contributed by atoms with Crippen LogP contribution in [0.3, 0.4) is 0 Å². The van der Waals surface area contributed by atoms with Crippen molar-refractivity contribution in [3.63, 3.8) is 0 Å². The Bertz CT molecular complexity index is 1110. The van der Waals surface area contributed by atoms with Gasteiger partial charge in [-0.3, -0.25) is 9.80 Å². The van der Waals surface area contributed by atoms with Gasteiger partial charge in [-0.15, -0.1) is 0 Å². The summed E-state index contributed by atoms with van der Waals surface area (Å²) in [5.41, 5.74) is 5.17. The van der Waals surface area contributed by atoms with Crippen LogP contribution in [0.25, 0.3) is 21.8 Å². The summed E-state index contributed by atoms with van der Waals surface area (Å²) < 4.78 is 1.11. The lowest BCUT2D eigenvalue weighted by Gasteiger charge is -2.43. The molecule has 0 amide bonds. The minimum absolute atomic E-state index is 0.381. The van der Waals surface area contributed by atoms with Crippen molar-refractivity contribution in [1.29, 1.82) is 0 Å². The summed E-state index contributed by atoms with van der Waals surface area (Å²) >= 11 is 3.57. The van der Waals surface area contributed by atoms with Gasteiger partial charge in [0.2, 0.25) is 0 Å². The fraction of sp³-hybridized carbons (Fsp3) is 0.273. The minimum atomic E-state index is 0.381. The molecule has 1 aliphatic rings. The van der Waals surface area contributed by atoms with E-state index in [1.54, 1.807) is 0 Å². The SMILES string of the molecule is CN1C[C@@H](c2c[nH]c3cc(Br)ccc23)N(C)C[C@@H]1c1c[nH]c2ccccc12. The molecular weight excluding hydrogens is 400 g/mol. The molecular formula is C22H23BrN4. The van der Waals surface area contributed by atoms with Crippen LogP contribution >= 0.6 is 15.9 Å². The Morgan fingerprint density at radius 2 is 1.41 bits per heavy atom. The number of nitrogens with one attached hydrogen (secondary N) is 2. The van der Waals surface area contributed by atoms with Crippen LogP contribution in [-0.4, -0.2) is 47.0 Å². The number of nitrogens with zero attached hydrogens (tertiary/aromatic N) is 2. The van der Waals surface area contributed by atoms with Crippen LogP contribution in [0.1, 0.15) is 23.2 Å². The molecule has 2 aromatic heterocycles. The van der Waals surface area contributed by atoms with Crippen molar-refractivity contribution in [1.82, 2.24) is 19.8 Å². The Hall–Kier alpha value is -2.08. The van der Waals surface area contributed by atoms with Crippen LogP contribution in [0, 0.1) is 0 Å². The maximum atomic E-state index is 3.57. The standard InChI is InChI=1S/C22H23BrN4/c1-26-13-22(18-11-25-20-9-14(23)7-8-16(18)20)27(2)12-21(26)17-10-24-19-6-4-3-5-15(17)19/h3-11,21-22,24-25H,12-13H2,1-2H3/t21-,22+/m1/s1. The highest BCUT2D eigenvalue weighted by atomic mass is 79.9. The molecule has 2 N–H and O–H groups in total. The van der Waals surface area contributed by atoms with Gasteiger partial charge in [0, 0.05) is 63.8 Å². The molecule has 0 spiro atoms. The number of H-pyrrole nitrogens is 2. The second-order valence-electron chi connectivity index (χ2n) is 7.63. The quantitative estimate of drug-likeness (QED) is 0.473. The number of aromatic nitrogens is 2. The number of hydrogen-bond donors (Lipinski definition) is 2. The van der Waals surface area contributed by atoms with Gasteiger partial charge in [-0.25, -0.2) is 0 Å². The maximum Gasteiger partial charge on any atom is 0.0494 e. The van der Waals surface area contributed by atoms with E-state index in [4.69, 9.17) is 0 Å². The second-order valence-corrected chi connectivity index (χ2v) is 8.55. The van der Waals surface area contributed by atoms with Gasteiger partial charge >= 0.3 is 0 Å². The van der Waals surface area contributed by atoms with Gasteiger partial charge in [0.05, 0.1) is 0 Å². The zero-order valence-corrected chi connectivity index (χ0v) is 17.1. The molecule has 1 fully saturated rings. The normalized spacial score (nSPS) is 22.0. The van der Waals surface area contributed by atoms with Gasteiger partial charge in [-0.05, 0) is 43.4 Å². The predicted molar refractivity (Wildman–Crippen MR) is 115 cm³/mol. The van der Waals surface area contributed by atoms with Crippen LogP contribution in [0.15, 0.2) is 59.3 Å². The van der Waals surface area contributed by atoms with Gasteiger partial charge in [-0.1, -0.05) is 40.2 Å². The summed E-state index contributed by atoms with van der Waals surface area (Å²) in [5.74, 6) is 0. The Morgan fingerprint density at radius 3 is 2.11 bits per heavy atom. The smallest absolute Gasteiger partial charge is 0.0494 e. The summed E-state index contributed by atoms with van der Waals surface area (Å²) in [6.07, 6.45) is 4.36. The highest BCUT2D eigenvalue weighted by Gasteiger charge is 2.33. The number of para-hydroxylation sites is 1. The van der Waals surface area contributed by atoms with Crippen LogP contribution in [-0.2, 0) is 0 Å². The molecule has 3 heterocycles. The molecule has 27 heavy (non-hydrogen) atoms. The second kappa shape index (κ2) is 6.51. The summed E-state index contributed by atoms with van der Waals surface area (Å²) in [4.78, 5) is 11.9. The highest BCUT2D eigenvalue weighted by molar-refractivity contribution is 9.10. The number of aromatic amines is 2. The van der Waals surface area contributed by atoms with E-state index in [1.807, 2.05) is 0 Å². The maximum absolute atomic E-state index is 3.57. The van der Waals surface area contributed by atoms with Crippen molar-refractivity contribution < 1.29 is 0 Å². The van der Waals surface area contributed by atoms with Crippen molar-refractivity contribution in [2.24, 2.45) is 0 Å². The van der Waals surface area contributed by atoms with Crippen LogP contribution in [0.2, 0.25) is 0 Å². The molecule has 138 valence electrons. The Balaban J connectivity index is 1.48. The molecule has 2 aromatic carbocycles. The largest absolute Gasteiger partial charge is 0.361 e. The lowest BCUT2D eigenvalue weighted by Crippen LogP contribution is -2.46. The fourth-order valence-electron chi connectivity index (χ4n) is 4.52. The van der Waals surface area contributed by atoms with Gasteiger partial charge in [-0.2, -0.15) is 0 Å². The highest BCUT2D eigenvalue weighted by Crippen LogP contribution is 2.37. The number of piperazine rings is 1. The van der Waals surface area contributed by atoms with E-state index in [1.165, 1.54) is 32.9 Å². The molecule has 5 rings (SSSR count). The first-order valence-electron chi connectivity index (χ1n) is 9.35. The number of hydrogen-bond acceptors (Lipinski definition) is 2. The number of benzene rings is 2. The monoisotopic (exact) mass is 422 g/mol. The van der Waals surface area contributed by atoms with Crippen molar-refractivity contribution in [2.45, 2.75) is 12.1 Å². The average molecular weight is 423 g/mol. The zero-order valence-electron chi connectivity index (χ0n) is 15.5. The van der Waals surface area contributed by atoms with Crippen LogP contribution < -0.4 is 0 Å². The van der Waals surface area contributed by atoms with Crippen LogP contribution in [0.5, 0.6) is 0 Å². The summed E-state index contributed by atoms with van der Waals surface area (Å²) in [5, 5.41) is 2.65. The topological polar surface area (TPSA) is 38.1 Å². The number of rotatable bonds is 2. The van der Waals surface area contributed by atoms with E-state index < -0.39 is 0 Å². The van der Waals surface area contributed by atoms with E-state index in [0.29, 0.717) is 12.1 Å². The first-order chi connectivity index (χ1) is 13.1. The van der Waals surface area contributed by atoms with E-state index >= 15 is 0 Å². The third kappa shape index (κ3) is 2.81. The Morgan fingerprint density at radius 1 is 0.815 bits per heavy atom. The number of likely N-dealkylation sites (N-methyl/N-ethyl adjacent to an activating group) is 2. The lowest BCUT2D eigenvalue weighted by atomic mass is 9.96. The molecule has 1 aliphatic heterocycles. The lowest BCUT2D eigenvalue weighted by molar-refractivity contribution is 0.0636. The first-order valence-corrected chi connectivity index (χ1v) is 10.1. The minimum Gasteiger partial charge on any atom is -0.361 e. The molecule has 0 unspecified atom stereocenters. The molecule has 0 aliphatic carbocycles. The molecule has 4 aromatic rings. The average Bonchev–Trinajstić information content (AvgIpc) is 3.27. The van der Waals surface area contributed by atoms with Gasteiger partial charge in [0.1, 0.15) is 0 Å². The Labute approximate surface area is 167 Å².